The molecule has 0 fully saturated rings. The zero-order valence-corrected chi connectivity index (χ0v) is 14.7. The highest BCUT2D eigenvalue weighted by atomic mass is 35.5. The van der Waals surface area contributed by atoms with Crippen LogP contribution in [-0.4, -0.2) is 16.8 Å². The molecule has 0 unspecified atom stereocenters. The molecule has 0 aliphatic carbocycles. The molecule has 132 valence electrons. The molecule has 0 atom stereocenters. The molecule has 2 heterocycles. The summed E-state index contributed by atoms with van der Waals surface area (Å²) in [5.74, 6) is -0.0809. The maximum atomic E-state index is 12.5. The van der Waals surface area contributed by atoms with Gasteiger partial charge < -0.3 is 15.1 Å². The molecule has 0 aliphatic heterocycles. The highest BCUT2D eigenvalue weighted by Gasteiger charge is 2.13. The first kappa shape index (κ1) is 17.7. The Morgan fingerprint density at radius 1 is 1.12 bits per heavy atom. The van der Waals surface area contributed by atoms with Crippen LogP contribution in [0.2, 0.25) is 5.02 Å². The van der Waals surface area contributed by atoms with E-state index in [1.54, 1.807) is 24.3 Å². The summed E-state index contributed by atoms with van der Waals surface area (Å²) in [6.45, 7) is 2.12. The Kier molecular flexibility index (Phi) is 5.34. The Hall–Kier alpha value is -3.12. The molecule has 0 saturated heterocycles. The van der Waals surface area contributed by atoms with Crippen LogP contribution in [0.25, 0.3) is 0 Å². The summed E-state index contributed by atoms with van der Waals surface area (Å²) in [6.07, 6.45) is 4.34. The van der Waals surface area contributed by atoms with Gasteiger partial charge in [0.15, 0.2) is 0 Å². The summed E-state index contributed by atoms with van der Waals surface area (Å²) in [7, 11) is 0. The van der Waals surface area contributed by atoms with Crippen molar-refractivity contribution in [1.82, 2.24) is 10.3 Å². The molecule has 2 amide bonds. The zero-order valence-electron chi connectivity index (χ0n) is 14.0. The number of nitrogens with one attached hydrogen (secondary N) is 2. The van der Waals surface area contributed by atoms with E-state index >= 15 is 0 Å². The largest absolute Gasteiger partial charge is 0.467 e. The van der Waals surface area contributed by atoms with Gasteiger partial charge in [0.25, 0.3) is 11.8 Å². The van der Waals surface area contributed by atoms with Gasteiger partial charge in [-0.25, -0.2) is 0 Å². The van der Waals surface area contributed by atoms with E-state index in [0.29, 0.717) is 16.5 Å². The van der Waals surface area contributed by atoms with Crippen molar-refractivity contribution in [2.24, 2.45) is 0 Å². The van der Waals surface area contributed by atoms with Crippen LogP contribution in [0.3, 0.4) is 0 Å². The van der Waals surface area contributed by atoms with Gasteiger partial charge in [-0.3, -0.25) is 14.6 Å². The topological polar surface area (TPSA) is 84.2 Å². The standard InChI is InChI=1S/C19H16ClN3O3/c1-12-4-5-15(20)8-17(12)23-19(25)14-7-13(9-21-10-14)18(24)22-11-16-3-2-6-26-16/h2-10H,11H2,1H3,(H,22,24)(H,23,25). The Morgan fingerprint density at radius 2 is 1.88 bits per heavy atom. The summed E-state index contributed by atoms with van der Waals surface area (Å²) in [6, 6.07) is 10.2. The molecule has 7 heteroatoms. The van der Waals surface area contributed by atoms with Gasteiger partial charge in [-0.05, 0) is 42.8 Å². The molecule has 0 spiro atoms. The normalized spacial score (nSPS) is 10.4. The van der Waals surface area contributed by atoms with Crippen molar-refractivity contribution in [3.8, 4) is 0 Å². The van der Waals surface area contributed by atoms with E-state index in [-0.39, 0.29) is 29.5 Å². The minimum atomic E-state index is -0.372. The highest BCUT2D eigenvalue weighted by Crippen LogP contribution is 2.21. The number of hydrogen-bond donors (Lipinski definition) is 2. The Bertz CT molecular complexity index is 939. The predicted octanol–water partition coefficient (Wildman–Crippen LogP) is 3.82. The Balaban J connectivity index is 1.70. The van der Waals surface area contributed by atoms with Gasteiger partial charge in [0.2, 0.25) is 0 Å². The molecule has 26 heavy (non-hydrogen) atoms. The molecular weight excluding hydrogens is 354 g/mol. The summed E-state index contributed by atoms with van der Waals surface area (Å²) in [5, 5.41) is 6.01. The number of benzene rings is 1. The number of anilines is 1. The van der Waals surface area contributed by atoms with Crippen molar-refractivity contribution in [3.05, 3.63) is 82.5 Å². The number of pyridine rings is 1. The molecule has 0 saturated carbocycles. The van der Waals surface area contributed by atoms with Crippen LogP contribution in [0, 0.1) is 6.92 Å². The van der Waals surface area contributed by atoms with Gasteiger partial charge in [-0.1, -0.05) is 17.7 Å². The highest BCUT2D eigenvalue weighted by molar-refractivity contribution is 6.31. The first-order chi connectivity index (χ1) is 12.5. The monoisotopic (exact) mass is 369 g/mol. The van der Waals surface area contributed by atoms with Gasteiger partial charge >= 0.3 is 0 Å². The van der Waals surface area contributed by atoms with Crippen LogP contribution in [0.15, 0.2) is 59.5 Å². The van der Waals surface area contributed by atoms with E-state index in [2.05, 4.69) is 15.6 Å². The lowest BCUT2D eigenvalue weighted by atomic mass is 10.1. The lowest BCUT2D eigenvalue weighted by Crippen LogP contribution is -2.23. The van der Waals surface area contributed by atoms with Crippen LogP contribution in [0.1, 0.15) is 32.0 Å². The van der Waals surface area contributed by atoms with Crippen molar-refractivity contribution in [1.29, 1.82) is 0 Å². The van der Waals surface area contributed by atoms with Crippen molar-refractivity contribution in [3.63, 3.8) is 0 Å². The molecule has 2 aromatic heterocycles. The second kappa shape index (κ2) is 7.84. The molecule has 0 bridgehead atoms. The van der Waals surface area contributed by atoms with E-state index in [4.69, 9.17) is 16.0 Å². The van der Waals surface area contributed by atoms with Gasteiger partial charge in [-0.15, -0.1) is 0 Å². The average molecular weight is 370 g/mol. The number of amides is 2. The second-order valence-electron chi connectivity index (χ2n) is 5.64. The third-order valence-corrected chi connectivity index (χ3v) is 3.95. The Morgan fingerprint density at radius 3 is 2.62 bits per heavy atom. The van der Waals surface area contributed by atoms with E-state index in [1.165, 1.54) is 24.7 Å². The van der Waals surface area contributed by atoms with Crippen LogP contribution < -0.4 is 10.6 Å². The van der Waals surface area contributed by atoms with E-state index < -0.39 is 0 Å². The zero-order chi connectivity index (χ0) is 18.5. The van der Waals surface area contributed by atoms with Crippen LogP contribution in [0.5, 0.6) is 0 Å². The van der Waals surface area contributed by atoms with Gasteiger partial charge in [0, 0.05) is 23.1 Å². The minimum absolute atomic E-state index is 0.254. The third-order valence-electron chi connectivity index (χ3n) is 3.71. The second-order valence-corrected chi connectivity index (χ2v) is 6.07. The Labute approximate surface area is 155 Å². The summed E-state index contributed by atoms with van der Waals surface area (Å²) in [4.78, 5) is 28.7. The number of aromatic nitrogens is 1. The van der Waals surface area contributed by atoms with E-state index in [1.807, 2.05) is 13.0 Å². The van der Waals surface area contributed by atoms with E-state index in [9.17, 15) is 9.59 Å². The quantitative estimate of drug-likeness (QED) is 0.716. The van der Waals surface area contributed by atoms with Gasteiger partial charge in [0.05, 0.1) is 23.9 Å². The van der Waals surface area contributed by atoms with Crippen molar-refractivity contribution < 1.29 is 14.0 Å². The van der Waals surface area contributed by atoms with Crippen LogP contribution in [0.4, 0.5) is 5.69 Å². The number of hydrogen-bond acceptors (Lipinski definition) is 4. The third kappa shape index (κ3) is 4.29. The average Bonchev–Trinajstić information content (AvgIpc) is 3.16. The first-order valence-corrected chi connectivity index (χ1v) is 8.24. The number of nitrogens with zero attached hydrogens (tertiary/aromatic N) is 1. The summed E-state index contributed by atoms with van der Waals surface area (Å²) in [5.41, 5.74) is 2.04. The lowest BCUT2D eigenvalue weighted by molar-refractivity contribution is 0.0947. The number of carbonyl (C=O) groups excluding carboxylic acids is 2. The van der Waals surface area contributed by atoms with Crippen molar-refractivity contribution >= 4 is 29.1 Å². The lowest BCUT2D eigenvalue weighted by Gasteiger charge is -2.09. The fourth-order valence-electron chi connectivity index (χ4n) is 2.29. The van der Waals surface area contributed by atoms with Crippen molar-refractivity contribution in [2.75, 3.05) is 5.32 Å². The number of aryl methyl sites for hydroxylation is 1. The fraction of sp³-hybridized carbons (Fsp3) is 0.105. The molecule has 3 rings (SSSR count). The van der Waals surface area contributed by atoms with Gasteiger partial charge in [-0.2, -0.15) is 0 Å². The number of carbonyl (C=O) groups is 2. The maximum Gasteiger partial charge on any atom is 0.257 e. The molecule has 0 radical (unpaired) electrons. The fourth-order valence-corrected chi connectivity index (χ4v) is 2.47. The smallest absolute Gasteiger partial charge is 0.257 e. The predicted molar refractivity (Wildman–Crippen MR) is 98.3 cm³/mol. The summed E-state index contributed by atoms with van der Waals surface area (Å²) < 4.78 is 5.16. The van der Waals surface area contributed by atoms with E-state index in [0.717, 1.165) is 5.56 Å². The van der Waals surface area contributed by atoms with Gasteiger partial charge in [0.1, 0.15) is 5.76 Å². The maximum absolute atomic E-state index is 12.5. The first-order valence-electron chi connectivity index (χ1n) is 7.86. The van der Waals surface area contributed by atoms with Crippen LogP contribution >= 0.6 is 11.6 Å². The number of rotatable bonds is 5. The molecule has 6 nitrogen and oxygen atoms in total. The SMILES string of the molecule is Cc1ccc(Cl)cc1NC(=O)c1cncc(C(=O)NCc2ccco2)c1. The van der Waals surface area contributed by atoms with Crippen molar-refractivity contribution in [2.45, 2.75) is 13.5 Å². The molecule has 2 N–H and O–H groups in total. The summed E-state index contributed by atoms with van der Waals surface area (Å²) >= 11 is 5.97. The minimum Gasteiger partial charge on any atom is -0.467 e. The molecule has 1 aromatic carbocycles. The molecule has 0 aliphatic rings. The molecular formula is C19H16ClN3O3. The molecule has 3 aromatic rings. The number of furan rings is 1. The van der Waals surface area contributed by atoms with Crippen LogP contribution in [-0.2, 0) is 6.54 Å². The number of halogens is 1.